The molecule has 0 aliphatic carbocycles. The molecule has 2 aliphatic rings. The third-order valence-electron chi connectivity index (χ3n) is 4.82. The van der Waals surface area contributed by atoms with Gasteiger partial charge in [-0.1, -0.05) is 0 Å². The molecule has 5 heteroatoms. The van der Waals surface area contributed by atoms with E-state index in [4.69, 9.17) is 0 Å². The highest BCUT2D eigenvalue weighted by Crippen LogP contribution is 2.20. The zero-order valence-corrected chi connectivity index (χ0v) is 13.4. The van der Waals surface area contributed by atoms with Crippen LogP contribution in [0.25, 0.3) is 0 Å². The molecule has 1 aromatic heterocycles. The average Bonchev–Trinajstić information content (AvgIpc) is 3.10. The highest BCUT2D eigenvalue weighted by Gasteiger charge is 2.23. The predicted octanol–water partition coefficient (Wildman–Crippen LogP) is 1.75. The molecule has 2 aliphatic heterocycles. The van der Waals surface area contributed by atoms with Gasteiger partial charge in [-0.3, -0.25) is 4.79 Å². The van der Waals surface area contributed by atoms with Crippen LogP contribution in [0.2, 0.25) is 0 Å². The van der Waals surface area contributed by atoms with E-state index in [0.29, 0.717) is 5.92 Å². The number of carbonyl (C=O) groups is 1. The first kappa shape index (κ1) is 15.3. The Kier molecular flexibility index (Phi) is 4.93. The van der Waals surface area contributed by atoms with Crippen LogP contribution in [0.3, 0.4) is 0 Å². The van der Waals surface area contributed by atoms with Crippen LogP contribution in [0.5, 0.6) is 0 Å². The summed E-state index contributed by atoms with van der Waals surface area (Å²) in [5, 5.41) is 3.23. The van der Waals surface area contributed by atoms with Crippen molar-refractivity contribution in [2.45, 2.75) is 25.7 Å². The number of hydrogen-bond acceptors (Lipinski definition) is 4. The zero-order valence-electron chi connectivity index (χ0n) is 13.4. The number of hydrogen-bond donors (Lipinski definition) is 1. The Balaban J connectivity index is 1.58. The van der Waals surface area contributed by atoms with Crippen molar-refractivity contribution in [1.82, 2.24) is 15.2 Å². The van der Waals surface area contributed by atoms with Crippen LogP contribution in [-0.4, -0.2) is 55.6 Å². The summed E-state index contributed by atoms with van der Waals surface area (Å²) in [7, 11) is 1.99. The molecule has 0 atom stereocenters. The number of nitrogens with zero attached hydrogens (tertiary/aromatic N) is 3. The van der Waals surface area contributed by atoms with Gasteiger partial charge >= 0.3 is 0 Å². The van der Waals surface area contributed by atoms with E-state index in [-0.39, 0.29) is 5.91 Å². The first-order chi connectivity index (χ1) is 10.8. The van der Waals surface area contributed by atoms with Crippen molar-refractivity contribution in [3.63, 3.8) is 0 Å². The van der Waals surface area contributed by atoms with Gasteiger partial charge < -0.3 is 15.1 Å². The van der Waals surface area contributed by atoms with Gasteiger partial charge in [-0.15, -0.1) is 0 Å². The Morgan fingerprint density at radius 1 is 1.23 bits per heavy atom. The van der Waals surface area contributed by atoms with Gasteiger partial charge in [0, 0.05) is 32.4 Å². The van der Waals surface area contributed by atoms with Gasteiger partial charge in [-0.2, -0.15) is 0 Å². The standard InChI is InChI=1S/C17H26N4O/c1-18-12-14-6-10-21(11-7-14)17(22)15-4-5-16(19-13-15)20-8-2-3-9-20/h4-5,13-14,18H,2-3,6-12H2,1H3. The van der Waals surface area contributed by atoms with Gasteiger partial charge in [0.15, 0.2) is 0 Å². The van der Waals surface area contributed by atoms with Crippen LogP contribution in [0.4, 0.5) is 5.82 Å². The first-order valence-electron chi connectivity index (χ1n) is 8.43. The van der Waals surface area contributed by atoms with Crippen LogP contribution in [-0.2, 0) is 0 Å². The molecule has 1 aromatic rings. The quantitative estimate of drug-likeness (QED) is 0.920. The fourth-order valence-corrected chi connectivity index (χ4v) is 3.46. The summed E-state index contributed by atoms with van der Waals surface area (Å²) in [5.41, 5.74) is 0.718. The fourth-order valence-electron chi connectivity index (χ4n) is 3.46. The third kappa shape index (κ3) is 3.40. The topological polar surface area (TPSA) is 48.5 Å². The Morgan fingerprint density at radius 3 is 2.55 bits per heavy atom. The summed E-state index contributed by atoms with van der Waals surface area (Å²) >= 11 is 0. The molecule has 0 unspecified atom stereocenters. The minimum atomic E-state index is 0.128. The first-order valence-corrected chi connectivity index (χ1v) is 8.43. The van der Waals surface area contributed by atoms with E-state index < -0.39 is 0 Å². The van der Waals surface area contributed by atoms with Gasteiger partial charge in [0.05, 0.1) is 5.56 Å². The molecule has 0 aromatic carbocycles. The lowest BCUT2D eigenvalue weighted by Gasteiger charge is -2.32. The molecule has 0 saturated carbocycles. The lowest BCUT2D eigenvalue weighted by Crippen LogP contribution is -2.40. The molecule has 1 amide bonds. The van der Waals surface area contributed by atoms with Crippen molar-refractivity contribution in [2.24, 2.45) is 5.92 Å². The number of anilines is 1. The molecule has 1 N–H and O–H groups in total. The van der Waals surface area contributed by atoms with Gasteiger partial charge in [0.25, 0.3) is 5.91 Å². The third-order valence-corrected chi connectivity index (χ3v) is 4.82. The van der Waals surface area contributed by atoms with Crippen LogP contribution >= 0.6 is 0 Å². The maximum atomic E-state index is 12.6. The minimum Gasteiger partial charge on any atom is -0.357 e. The number of aromatic nitrogens is 1. The maximum absolute atomic E-state index is 12.6. The number of piperidine rings is 1. The molecule has 120 valence electrons. The molecule has 0 spiro atoms. The predicted molar refractivity (Wildman–Crippen MR) is 88.2 cm³/mol. The molecule has 0 bridgehead atoms. The van der Waals surface area contributed by atoms with E-state index in [1.54, 1.807) is 6.20 Å². The Labute approximate surface area is 132 Å². The number of pyridine rings is 1. The van der Waals surface area contributed by atoms with E-state index in [1.165, 1.54) is 12.8 Å². The summed E-state index contributed by atoms with van der Waals surface area (Å²) in [4.78, 5) is 21.3. The van der Waals surface area contributed by atoms with Crippen molar-refractivity contribution >= 4 is 11.7 Å². The second-order valence-corrected chi connectivity index (χ2v) is 6.39. The molecule has 22 heavy (non-hydrogen) atoms. The van der Waals surface area contributed by atoms with Crippen molar-refractivity contribution in [3.8, 4) is 0 Å². The molecule has 2 saturated heterocycles. The summed E-state index contributed by atoms with van der Waals surface area (Å²) in [5.74, 6) is 1.83. The van der Waals surface area contributed by atoms with Gasteiger partial charge in [-0.05, 0) is 57.3 Å². The molecular formula is C17H26N4O. The van der Waals surface area contributed by atoms with Crippen molar-refractivity contribution < 1.29 is 4.79 Å². The van der Waals surface area contributed by atoms with Gasteiger partial charge in [0.2, 0.25) is 0 Å². The number of carbonyl (C=O) groups excluding carboxylic acids is 1. The number of likely N-dealkylation sites (tertiary alicyclic amines) is 1. The summed E-state index contributed by atoms with van der Waals surface area (Å²) in [6.45, 7) is 4.94. The van der Waals surface area contributed by atoms with E-state index in [2.05, 4.69) is 15.2 Å². The Hall–Kier alpha value is -1.62. The lowest BCUT2D eigenvalue weighted by molar-refractivity contribution is 0.0690. The second kappa shape index (κ2) is 7.09. The normalized spacial score (nSPS) is 19.7. The molecule has 0 radical (unpaired) electrons. The highest BCUT2D eigenvalue weighted by atomic mass is 16.2. The molecule has 3 heterocycles. The van der Waals surface area contributed by atoms with Crippen LogP contribution < -0.4 is 10.2 Å². The SMILES string of the molecule is CNCC1CCN(C(=O)c2ccc(N3CCCC3)nc2)CC1. The molecule has 2 fully saturated rings. The summed E-state index contributed by atoms with van der Waals surface area (Å²) in [6, 6.07) is 3.93. The maximum Gasteiger partial charge on any atom is 0.255 e. The smallest absolute Gasteiger partial charge is 0.255 e. The van der Waals surface area contributed by atoms with E-state index in [0.717, 1.165) is 56.9 Å². The zero-order chi connectivity index (χ0) is 15.4. The molecular weight excluding hydrogens is 276 g/mol. The van der Waals surface area contributed by atoms with E-state index in [9.17, 15) is 4.79 Å². The average molecular weight is 302 g/mol. The van der Waals surface area contributed by atoms with E-state index in [1.807, 2.05) is 24.1 Å². The monoisotopic (exact) mass is 302 g/mol. The Morgan fingerprint density at radius 2 is 1.95 bits per heavy atom. The lowest BCUT2D eigenvalue weighted by atomic mass is 9.96. The Bertz CT molecular complexity index is 488. The van der Waals surface area contributed by atoms with Gasteiger partial charge in [-0.25, -0.2) is 4.98 Å². The number of rotatable bonds is 4. The van der Waals surface area contributed by atoms with Gasteiger partial charge in [0.1, 0.15) is 5.82 Å². The van der Waals surface area contributed by atoms with Crippen LogP contribution in [0, 0.1) is 5.92 Å². The summed E-state index contributed by atoms with van der Waals surface area (Å²) < 4.78 is 0. The van der Waals surface area contributed by atoms with Crippen molar-refractivity contribution in [1.29, 1.82) is 0 Å². The largest absolute Gasteiger partial charge is 0.357 e. The number of amides is 1. The highest BCUT2D eigenvalue weighted by molar-refractivity contribution is 5.94. The molecule has 3 rings (SSSR count). The minimum absolute atomic E-state index is 0.128. The summed E-state index contributed by atoms with van der Waals surface area (Å²) in [6.07, 6.45) is 6.40. The molecule has 5 nitrogen and oxygen atoms in total. The van der Waals surface area contributed by atoms with Crippen molar-refractivity contribution in [2.75, 3.05) is 44.7 Å². The van der Waals surface area contributed by atoms with Crippen LogP contribution in [0.1, 0.15) is 36.0 Å². The number of nitrogens with one attached hydrogen (secondary N) is 1. The second-order valence-electron chi connectivity index (χ2n) is 6.39. The van der Waals surface area contributed by atoms with E-state index >= 15 is 0 Å². The van der Waals surface area contributed by atoms with Crippen LogP contribution in [0.15, 0.2) is 18.3 Å². The fraction of sp³-hybridized carbons (Fsp3) is 0.647. The van der Waals surface area contributed by atoms with Crippen molar-refractivity contribution in [3.05, 3.63) is 23.9 Å².